The third-order valence-corrected chi connectivity index (χ3v) is 4.79. The molecule has 7 heteroatoms. The van der Waals surface area contributed by atoms with Crippen molar-refractivity contribution in [2.75, 3.05) is 0 Å². The van der Waals surface area contributed by atoms with Crippen molar-refractivity contribution >= 4 is 22.8 Å². The average molecular weight is 345 g/mol. The maximum absolute atomic E-state index is 12.7. The van der Waals surface area contributed by atoms with Gasteiger partial charge < -0.3 is 4.57 Å². The fourth-order valence-corrected chi connectivity index (χ4v) is 3.19. The molecule has 0 amide bonds. The molecule has 0 radical (unpaired) electrons. The lowest BCUT2D eigenvalue weighted by Gasteiger charge is -2.10. The first kappa shape index (κ1) is 15.2. The molecule has 6 nitrogen and oxygen atoms in total. The number of fused-ring (bicyclic) bond motifs is 1. The van der Waals surface area contributed by atoms with E-state index in [1.807, 2.05) is 30.3 Å². The van der Waals surface area contributed by atoms with E-state index in [4.69, 9.17) is 11.6 Å². The summed E-state index contributed by atoms with van der Waals surface area (Å²) < 4.78 is 4.41. The van der Waals surface area contributed by atoms with Gasteiger partial charge in [0.05, 0.1) is 6.54 Å². The van der Waals surface area contributed by atoms with E-state index >= 15 is 0 Å². The van der Waals surface area contributed by atoms with Gasteiger partial charge in [0.2, 0.25) is 5.28 Å². The van der Waals surface area contributed by atoms with E-state index in [0.717, 1.165) is 23.0 Å². The number of halogens is 1. The van der Waals surface area contributed by atoms with Crippen LogP contribution in [0.25, 0.3) is 11.2 Å². The molecule has 0 unspecified atom stereocenters. The highest BCUT2D eigenvalue weighted by Gasteiger charge is 2.26. The molecule has 0 saturated heterocycles. The van der Waals surface area contributed by atoms with Crippen LogP contribution in [0.5, 0.6) is 0 Å². The van der Waals surface area contributed by atoms with Crippen molar-refractivity contribution in [3.8, 4) is 0 Å². The first-order valence-corrected chi connectivity index (χ1v) is 8.33. The summed E-state index contributed by atoms with van der Waals surface area (Å²) in [7, 11) is 1.50. The topological polar surface area (TPSA) is 61.8 Å². The highest BCUT2D eigenvalue weighted by Crippen LogP contribution is 2.31. The summed E-state index contributed by atoms with van der Waals surface area (Å²) >= 11 is 6.31. The molecule has 0 bridgehead atoms. The summed E-state index contributed by atoms with van der Waals surface area (Å²) in [5.41, 5.74) is 1.08. The Bertz CT molecular complexity index is 1030. The van der Waals surface area contributed by atoms with Crippen LogP contribution in [0.4, 0.5) is 0 Å². The zero-order valence-corrected chi connectivity index (χ0v) is 14.0. The van der Waals surface area contributed by atoms with Gasteiger partial charge in [-0.1, -0.05) is 30.3 Å². The Balaban J connectivity index is 1.95. The minimum atomic E-state index is -0.364. The molecule has 1 saturated carbocycles. The number of rotatable bonds is 4. The van der Waals surface area contributed by atoms with Gasteiger partial charge in [-0.25, -0.2) is 4.79 Å². The third kappa shape index (κ3) is 2.47. The molecular formula is C17H17ClN4O2. The summed E-state index contributed by atoms with van der Waals surface area (Å²) in [6.45, 7) is 1.02. The summed E-state index contributed by atoms with van der Waals surface area (Å²) in [6, 6.07) is 9.73. The minimum absolute atomic E-state index is 0.223. The lowest BCUT2D eigenvalue weighted by molar-refractivity contribution is 0.576. The molecule has 1 fully saturated rings. The Morgan fingerprint density at radius 2 is 1.88 bits per heavy atom. The highest BCUT2D eigenvalue weighted by molar-refractivity contribution is 6.29. The van der Waals surface area contributed by atoms with Crippen molar-refractivity contribution in [3.63, 3.8) is 0 Å². The quantitative estimate of drug-likeness (QED) is 0.680. The Morgan fingerprint density at radius 1 is 1.17 bits per heavy atom. The van der Waals surface area contributed by atoms with Crippen LogP contribution in [0, 0.1) is 5.92 Å². The van der Waals surface area contributed by atoms with Gasteiger partial charge in [-0.2, -0.15) is 4.98 Å². The van der Waals surface area contributed by atoms with E-state index in [-0.39, 0.29) is 16.5 Å². The molecular weight excluding hydrogens is 328 g/mol. The molecule has 1 aliphatic carbocycles. The Labute approximate surface area is 142 Å². The van der Waals surface area contributed by atoms with Crippen LogP contribution in [0.1, 0.15) is 18.4 Å². The number of hydrogen-bond donors (Lipinski definition) is 0. The molecule has 4 rings (SSSR count). The number of imidazole rings is 1. The number of hydrogen-bond acceptors (Lipinski definition) is 3. The molecule has 24 heavy (non-hydrogen) atoms. The van der Waals surface area contributed by atoms with Crippen molar-refractivity contribution in [1.29, 1.82) is 0 Å². The zero-order valence-electron chi connectivity index (χ0n) is 13.3. The van der Waals surface area contributed by atoms with Crippen molar-refractivity contribution < 1.29 is 0 Å². The van der Waals surface area contributed by atoms with Gasteiger partial charge in [0.25, 0.3) is 5.56 Å². The molecule has 2 aromatic heterocycles. The van der Waals surface area contributed by atoms with Gasteiger partial charge in [0, 0.05) is 13.6 Å². The van der Waals surface area contributed by atoms with E-state index < -0.39 is 0 Å². The van der Waals surface area contributed by atoms with Gasteiger partial charge in [-0.3, -0.25) is 13.9 Å². The van der Waals surface area contributed by atoms with Crippen molar-refractivity contribution in [2.45, 2.75) is 25.9 Å². The van der Waals surface area contributed by atoms with Crippen LogP contribution in [0.3, 0.4) is 0 Å². The second-order valence-electron chi connectivity index (χ2n) is 6.33. The lowest BCUT2D eigenvalue weighted by atomic mass is 10.2. The Kier molecular flexibility index (Phi) is 3.57. The number of benzene rings is 1. The summed E-state index contributed by atoms with van der Waals surface area (Å²) in [6.07, 6.45) is 2.21. The molecule has 0 N–H and O–H groups in total. The molecule has 124 valence electrons. The van der Waals surface area contributed by atoms with Gasteiger partial charge in [-0.15, -0.1) is 0 Å². The van der Waals surface area contributed by atoms with Gasteiger partial charge in [0.1, 0.15) is 0 Å². The predicted molar refractivity (Wildman–Crippen MR) is 92.5 cm³/mol. The number of aromatic nitrogens is 4. The summed E-state index contributed by atoms with van der Waals surface area (Å²) in [5, 5.41) is 0.223. The van der Waals surface area contributed by atoms with Crippen molar-refractivity contribution in [1.82, 2.24) is 18.7 Å². The van der Waals surface area contributed by atoms with E-state index in [2.05, 4.69) is 4.98 Å². The van der Waals surface area contributed by atoms with E-state index in [9.17, 15) is 9.59 Å². The van der Waals surface area contributed by atoms with Crippen LogP contribution < -0.4 is 11.2 Å². The first-order chi connectivity index (χ1) is 11.6. The Hall–Kier alpha value is -2.34. The molecule has 3 aromatic rings. The van der Waals surface area contributed by atoms with Crippen LogP contribution in [-0.4, -0.2) is 18.7 Å². The SMILES string of the molecule is Cn1c(=O)c2c(nc(Cl)n2Cc2ccccc2)n(CC2CC2)c1=O. The molecule has 0 spiro atoms. The van der Waals surface area contributed by atoms with E-state index in [1.165, 1.54) is 7.05 Å². The zero-order chi connectivity index (χ0) is 16.8. The lowest BCUT2D eigenvalue weighted by Crippen LogP contribution is -2.39. The van der Waals surface area contributed by atoms with Crippen molar-refractivity contribution in [2.24, 2.45) is 13.0 Å². The molecule has 1 aliphatic rings. The van der Waals surface area contributed by atoms with Gasteiger partial charge >= 0.3 is 5.69 Å². The molecule has 1 aromatic carbocycles. The predicted octanol–water partition coefficient (Wildman–Crippen LogP) is 2.01. The van der Waals surface area contributed by atoms with Crippen molar-refractivity contribution in [3.05, 3.63) is 62.0 Å². The third-order valence-electron chi connectivity index (χ3n) is 4.50. The van der Waals surface area contributed by atoms with Crippen LogP contribution in [0.15, 0.2) is 39.9 Å². The standard InChI is InChI=1S/C17H17ClN4O2/c1-20-15(23)13-14(22(17(20)24)10-12-7-8-12)19-16(18)21(13)9-11-5-3-2-4-6-11/h2-6,12H,7-10H2,1H3. The largest absolute Gasteiger partial charge is 0.332 e. The second-order valence-corrected chi connectivity index (χ2v) is 6.66. The average Bonchev–Trinajstić information content (AvgIpc) is 3.35. The fraction of sp³-hybridized carbons (Fsp3) is 0.353. The van der Waals surface area contributed by atoms with Crippen LogP contribution in [-0.2, 0) is 20.1 Å². The normalized spacial score (nSPS) is 14.4. The second kappa shape index (κ2) is 5.63. The summed E-state index contributed by atoms with van der Waals surface area (Å²) in [5.74, 6) is 0.487. The van der Waals surface area contributed by atoms with Gasteiger partial charge in [0.15, 0.2) is 11.2 Å². The maximum atomic E-state index is 12.7. The van der Waals surface area contributed by atoms with Crippen LogP contribution >= 0.6 is 11.6 Å². The minimum Gasteiger partial charge on any atom is -0.304 e. The van der Waals surface area contributed by atoms with Crippen LogP contribution in [0.2, 0.25) is 5.28 Å². The van der Waals surface area contributed by atoms with E-state index in [0.29, 0.717) is 30.2 Å². The highest BCUT2D eigenvalue weighted by atomic mass is 35.5. The molecule has 0 atom stereocenters. The smallest absolute Gasteiger partial charge is 0.304 e. The fourth-order valence-electron chi connectivity index (χ4n) is 2.96. The number of nitrogens with zero attached hydrogens (tertiary/aromatic N) is 4. The van der Waals surface area contributed by atoms with E-state index in [1.54, 1.807) is 9.13 Å². The Morgan fingerprint density at radius 3 is 2.54 bits per heavy atom. The molecule has 0 aliphatic heterocycles. The molecule has 2 heterocycles. The first-order valence-electron chi connectivity index (χ1n) is 7.95. The monoisotopic (exact) mass is 344 g/mol. The van der Waals surface area contributed by atoms with Gasteiger partial charge in [-0.05, 0) is 35.9 Å². The maximum Gasteiger partial charge on any atom is 0.332 e. The summed E-state index contributed by atoms with van der Waals surface area (Å²) in [4.78, 5) is 29.5.